The number of thioether (sulfide) groups is 1. The summed E-state index contributed by atoms with van der Waals surface area (Å²) in [5.74, 6) is -0.249. The fraction of sp³-hybridized carbons (Fsp3) is 0.133. The smallest absolute Gasteiger partial charge is 0.329 e. The van der Waals surface area contributed by atoms with E-state index in [4.69, 9.17) is 5.11 Å². The molecular weight excluding hydrogens is 320 g/mol. The number of hydrogen-bond donors (Lipinski definition) is 2. The van der Waals surface area contributed by atoms with E-state index in [-0.39, 0.29) is 5.75 Å². The van der Waals surface area contributed by atoms with E-state index in [1.54, 1.807) is 6.07 Å². The van der Waals surface area contributed by atoms with E-state index in [1.165, 1.54) is 23.1 Å². The molecule has 0 radical (unpaired) electrons. The van der Waals surface area contributed by atoms with Crippen molar-refractivity contribution in [2.75, 3.05) is 5.75 Å². The summed E-state index contributed by atoms with van der Waals surface area (Å²) in [5, 5.41) is 22.2. The van der Waals surface area contributed by atoms with Crippen LogP contribution in [-0.2, 0) is 4.79 Å². The summed E-state index contributed by atoms with van der Waals surface area (Å²) < 4.78 is 0.869. The second-order valence-electron chi connectivity index (χ2n) is 4.91. The van der Waals surface area contributed by atoms with Gasteiger partial charge in [0.2, 0.25) is 0 Å². The van der Waals surface area contributed by atoms with Gasteiger partial charge in [0.05, 0.1) is 10.2 Å². The third kappa shape index (κ3) is 2.05. The molecule has 0 fully saturated rings. The molecule has 22 heavy (non-hydrogen) atoms. The van der Waals surface area contributed by atoms with Crippen molar-refractivity contribution in [3.8, 4) is 5.75 Å². The molecule has 0 saturated heterocycles. The van der Waals surface area contributed by atoms with Crippen LogP contribution in [0.5, 0.6) is 5.75 Å². The number of carboxylic acids is 1. The second kappa shape index (κ2) is 4.96. The number of hydrogen-bond acceptors (Lipinski definition) is 6. The number of aliphatic carboxylic acids is 1. The van der Waals surface area contributed by atoms with Gasteiger partial charge in [-0.05, 0) is 0 Å². The Labute approximate surface area is 133 Å². The number of fused-ring (bicyclic) bond motifs is 3. The largest absolute Gasteiger partial charge is 0.507 e. The average molecular weight is 330 g/mol. The number of carboxylic acid groups (broad SMARTS) is 1. The lowest BCUT2D eigenvalue weighted by molar-refractivity contribution is -0.137. The van der Waals surface area contributed by atoms with Crippen LogP contribution in [0.2, 0.25) is 0 Å². The van der Waals surface area contributed by atoms with Crippen molar-refractivity contribution >= 4 is 55.1 Å². The molecular formula is C15H10N2O3S2. The number of phenols is 1. The molecule has 0 saturated carbocycles. The molecule has 4 rings (SSSR count). The van der Waals surface area contributed by atoms with Crippen LogP contribution in [-0.4, -0.2) is 38.0 Å². The van der Waals surface area contributed by atoms with Crippen molar-refractivity contribution in [2.45, 2.75) is 6.04 Å². The zero-order valence-corrected chi connectivity index (χ0v) is 12.8. The quantitative estimate of drug-likeness (QED) is 0.754. The molecule has 0 unspecified atom stereocenters. The summed E-state index contributed by atoms with van der Waals surface area (Å²) in [7, 11) is 0. The van der Waals surface area contributed by atoms with E-state index >= 15 is 0 Å². The molecule has 2 heterocycles. The minimum atomic E-state index is -0.910. The number of nitrogens with zero attached hydrogens (tertiary/aromatic N) is 2. The molecule has 7 heteroatoms. The van der Waals surface area contributed by atoms with Gasteiger partial charge in [0.1, 0.15) is 15.8 Å². The molecule has 0 aliphatic carbocycles. The molecule has 0 spiro atoms. The van der Waals surface area contributed by atoms with Gasteiger partial charge in [-0.1, -0.05) is 24.3 Å². The SMILES string of the molecule is O=C(O)[C@H]1CSC(c2nc3c(cc(O)c4ccccc43)s2)=N1. The van der Waals surface area contributed by atoms with Crippen LogP contribution in [0.25, 0.3) is 21.0 Å². The normalized spacial score (nSPS) is 18.0. The highest BCUT2D eigenvalue weighted by Gasteiger charge is 2.27. The van der Waals surface area contributed by atoms with Gasteiger partial charge in [-0.15, -0.1) is 23.1 Å². The monoisotopic (exact) mass is 330 g/mol. The lowest BCUT2D eigenvalue weighted by atomic mass is 10.1. The molecule has 1 aliphatic rings. The maximum atomic E-state index is 11.0. The molecule has 2 N–H and O–H groups in total. The molecule has 1 aliphatic heterocycles. The third-order valence-electron chi connectivity index (χ3n) is 3.50. The van der Waals surface area contributed by atoms with Crippen LogP contribution >= 0.6 is 23.1 Å². The number of rotatable bonds is 2. The summed E-state index contributed by atoms with van der Waals surface area (Å²) in [6.07, 6.45) is 0. The Morgan fingerprint density at radius 2 is 2.05 bits per heavy atom. The second-order valence-corrected chi connectivity index (χ2v) is 6.95. The van der Waals surface area contributed by atoms with Gasteiger partial charge in [-0.3, -0.25) is 4.99 Å². The number of phenolic OH excluding ortho intramolecular Hbond substituents is 1. The first-order valence-corrected chi connectivity index (χ1v) is 8.39. The van der Waals surface area contributed by atoms with Crippen molar-refractivity contribution in [1.29, 1.82) is 0 Å². The summed E-state index contributed by atoms with van der Waals surface area (Å²) in [6.45, 7) is 0. The van der Waals surface area contributed by atoms with E-state index in [0.717, 1.165) is 21.0 Å². The highest BCUT2D eigenvalue weighted by atomic mass is 32.2. The van der Waals surface area contributed by atoms with Crippen LogP contribution in [0, 0.1) is 0 Å². The number of carbonyl (C=O) groups is 1. The van der Waals surface area contributed by atoms with E-state index in [2.05, 4.69) is 9.98 Å². The van der Waals surface area contributed by atoms with Gasteiger partial charge < -0.3 is 10.2 Å². The maximum absolute atomic E-state index is 11.0. The van der Waals surface area contributed by atoms with Crippen molar-refractivity contribution in [3.05, 3.63) is 35.3 Å². The number of benzene rings is 2. The van der Waals surface area contributed by atoms with Crippen molar-refractivity contribution in [3.63, 3.8) is 0 Å². The predicted octanol–water partition coefficient (Wildman–Crippen LogP) is 3.10. The molecule has 2 aromatic carbocycles. The average Bonchev–Trinajstić information content (AvgIpc) is 3.14. The van der Waals surface area contributed by atoms with Crippen molar-refractivity contribution in [2.24, 2.45) is 4.99 Å². The molecule has 110 valence electrons. The lowest BCUT2D eigenvalue weighted by Gasteiger charge is -2.00. The van der Waals surface area contributed by atoms with Gasteiger partial charge in [0.15, 0.2) is 6.04 Å². The number of thiazole rings is 1. The molecule has 0 bridgehead atoms. The predicted molar refractivity (Wildman–Crippen MR) is 89.2 cm³/mol. The van der Waals surface area contributed by atoms with Gasteiger partial charge in [0, 0.05) is 22.6 Å². The Hall–Kier alpha value is -2.12. The van der Waals surface area contributed by atoms with Gasteiger partial charge in [0.25, 0.3) is 0 Å². The van der Waals surface area contributed by atoms with Crippen LogP contribution in [0.1, 0.15) is 5.01 Å². The molecule has 3 aromatic rings. The minimum Gasteiger partial charge on any atom is -0.507 e. The van der Waals surface area contributed by atoms with Crippen LogP contribution in [0.15, 0.2) is 35.3 Å². The number of aromatic nitrogens is 1. The van der Waals surface area contributed by atoms with Crippen molar-refractivity contribution < 1.29 is 15.0 Å². The molecule has 1 aromatic heterocycles. The van der Waals surface area contributed by atoms with Crippen molar-refractivity contribution in [1.82, 2.24) is 4.98 Å². The van der Waals surface area contributed by atoms with Gasteiger partial charge >= 0.3 is 5.97 Å². The van der Waals surface area contributed by atoms with E-state index in [1.807, 2.05) is 24.3 Å². The first-order valence-electron chi connectivity index (χ1n) is 6.58. The zero-order chi connectivity index (χ0) is 15.3. The highest BCUT2D eigenvalue weighted by Crippen LogP contribution is 2.37. The minimum absolute atomic E-state index is 0.225. The molecule has 5 nitrogen and oxygen atoms in total. The summed E-state index contributed by atoms with van der Waals surface area (Å²) in [4.78, 5) is 19.8. The fourth-order valence-corrected chi connectivity index (χ4v) is 4.56. The fourth-order valence-electron chi connectivity index (χ4n) is 2.45. The van der Waals surface area contributed by atoms with Crippen LogP contribution in [0.3, 0.4) is 0 Å². The number of aliphatic imine (C=N–C) groups is 1. The van der Waals surface area contributed by atoms with E-state index in [0.29, 0.717) is 15.8 Å². The summed E-state index contributed by atoms with van der Waals surface area (Å²) in [6, 6.07) is 8.55. The standard InChI is InChI=1S/C15H10N2O3S2/c18-10-5-11-12(8-4-2-1-3-7(8)10)17-14(22-11)13-16-9(6-21-13)15(19)20/h1-5,9,18H,6H2,(H,19,20)/t9-/m1/s1. The summed E-state index contributed by atoms with van der Waals surface area (Å²) >= 11 is 2.83. The van der Waals surface area contributed by atoms with Crippen LogP contribution in [0.4, 0.5) is 0 Å². The molecule has 1 atom stereocenters. The number of aromatic hydroxyl groups is 1. The Balaban J connectivity index is 1.90. The Morgan fingerprint density at radius 3 is 2.77 bits per heavy atom. The topological polar surface area (TPSA) is 82.8 Å². The first-order chi connectivity index (χ1) is 10.6. The van der Waals surface area contributed by atoms with E-state index in [9.17, 15) is 9.90 Å². The van der Waals surface area contributed by atoms with Crippen LogP contribution < -0.4 is 0 Å². The Bertz CT molecular complexity index is 949. The van der Waals surface area contributed by atoms with Gasteiger partial charge in [-0.2, -0.15) is 0 Å². The third-order valence-corrected chi connectivity index (χ3v) is 5.69. The van der Waals surface area contributed by atoms with Gasteiger partial charge in [-0.25, -0.2) is 9.78 Å². The van der Waals surface area contributed by atoms with E-state index < -0.39 is 12.0 Å². The highest BCUT2D eigenvalue weighted by molar-refractivity contribution is 8.15. The maximum Gasteiger partial charge on any atom is 0.329 e. The Kier molecular flexibility index (Phi) is 3.05. The molecule has 0 amide bonds. The lowest BCUT2D eigenvalue weighted by Crippen LogP contribution is -2.17. The Morgan fingerprint density at radius 1 is 1.27 bits per heavy atom. The zero-order valence-electron chi connectivity index (χ0n) is 11.2. The summed E-state index contributed by atoms with van der Waals surface area (Å²) in [5.41, 5.74) is 0.815. The first kappa shape index (κ1) is 13.5.